The molecule has 15 heteroatoms. The van der Waals surface area contributed by atoms with Crippen molar-refractivity contribution in [1.29, 1.82) is 0 Å². The number of amides is 1. The quantitative estimate of drug-likeness (QED) is 0.0916. The first-order valence-electron chi connectivity index (χ1n) is 18.4. The van der Waals surface area contributed by atoms with Crippen LogP contribution in [-0.4, -0.2) is 111 Å². The number of pyridine rings is 1. The number of unbranched alkanes of at least 4 members (excludes halogenated alkanes) is 2. The highest BCUT2D eigenvalue weighted by atomic mass is 35.5. The van der Waals surface area contributed by atoms with E-state index < -0.39 is 52.4 Å². The molecule has 2 aromatic carbocycles. The number of aliphatic hydroxyl groups is 5. The number of ether oxygens (including phenoxy) is 2. The van der Waals surface area contributed by atoms with E-state index in [2.05, 4.69) is 11.1 Å². The Kier molecular flexibility index (Phi) is 14.8. The van der Waals surface area contributed by atoms with Gasteiger partial charge in [0.15, 0.2) is 15.9 Å². The summed E-state index contributed by atoms with van der Waals surface area (Å²) in [5, 5.41) is 50.4. The molecule has 296 valence electrons. The molecule has 1 amide bonds. The number of aliphatic hydroxyl groups excluding tert-OH is 5. The first-order chi connectivity index (χ1) is 25.8. The summed E-state index contributed by atoms with van der Waals surface area (Å²) in [6, 6.07) is 13.7. The first kappa shape index (κ1) is 42.3. The summed E-state index contributed by atoms with van der Waals surface area (Å²) < 4.78 is 37.1. The topological polar surface area (TPSA) is 187 Å². The third kappa shape index (κ3) is 10.9. The molecule has 0 bridgehead atoms. The molecule has 5 rings (SSSR count). The molecule has 0 spiro atoms. The van der Waals surface area contributed by atoms with Gasteiger partial charge in [-0.15, -0.1) is 0 Å². The number of aryl methyl sites for hydroxylation is 1. The van der Waals surface area contributed by atoms with Gasteiger partial charge in [0.25, 0.3) is 5.91 Å². The lowest BCUT2D eigenvalue weighted by Crippen LogP contribution is -2.53. The number of halogens is 2. The van der Waals surface area contributed by atoms with Gasteiger partial charge in [-0.05, 0) is 85.9 Å². The summed E-state index contributed by atoms with van der Waals surface area (Å²) in [5.74, 6) is -0.621. The van der Waals surface area contributed by atoms with Gasteiger partial charge < -0.3 is 39.9 Å². The summed E-state index contributed by atoms with van der Waals surface area (Å²) in [6.07, 6.45) is 2.00. The Morgan fingerprint density at radius 2 is 1.67 bits per heavy atom. The SMILES string of the molecule is CCS(=O)(=O)CCN(CCCCCc1cc(Cl)c(COC2(c3cnccc3-c3ccccc3OC3CC3)CC2)cc1Cl)C(=O)[C@@H](O)[C@@H](O)[C@H](O)[C@@H](O)CO. The van der Waals surface area contributed by atoms with Gasteiger partial charge in [-0.1, -0.05) is 54.7 Å². The lowest BCUT2D eigenvalue weighted by atomic mass is 9.96. The van der Waals surface area contributed by atoms with Crippen molar-refractivity contribution in [2.75, 3.05) is 31.2 Å². The zero-order valence-electron chi connectivity index (χ0n) is 30.3. The summed E-state index contributed by atoms with van der Waals surface area (Å²) in [7, 11) is -3.46. The largest absolute Gasteiger partial charge is 0.490 e. The number of nitrogens with zero attached hydrogens (tertiary/aromatic N) is 2. The zero-order chi connectivity index (χ0) is 39.0. The Morgan fingerprint density at radius 3 is 2.35 bits per heavy atom. The number of carbonyl (C=O) groups excluding carboxylic acids is 1. The van der Waals surface area contributed by atoms with Crippen LogP contribution in [0.3, 0.4) is 0 Å². The van der Waals surface area contributed by atoms with Crippen LogP contribution in [0, 0.1) is 0 Å². The molecule has 2 aliphatic rings. The molecule has 1 heterocycles. The fourth-order valence-electron chi connectivity index (χ4n) is 6.28. The number of hydrogen-bond acceptors (Lipinski definition) is 11. The average molecular weight is 810 g/mol. The van der Waals surface area contributed by atoms with Crippen LogP contribution < -0.4 is 4.74 Å². The predicted molar refractivity (Wildman–Crippen MR) is 205 cm³/mol. The third-order valence-corrected chi connectivity index (χ3v) is 12.4. The molecular weight excluding hydrogens is 759 g/mol. The summed E-state index contributed by atoms with van der Waals surface area (Å²) in [5.41, 5.74) is 4.14. The number of benzene rings is 2. The number of para-hydroxylation sites is 1. The number of carbonyl (C=O) groups is 1. The lowest BCUT2D eigenvalue weighted by molar-refractivity contribution is -0.158. The van der Waals surface area contributed by atoms with Crippen LogP contribution in [0.5, 0.6) is 5.75 Å². The van der Waals surface area contributed by atoms with E-state index in [0.29, 0.717) is 35.7 Å². The van der Waals surface area contributed by atoms with E-state index in [1.54, 1.807) is 6.20 Å². The van der Waals surface area contributed by atoms with E-state index in [0.717, 1.165) is 64.1 Å². The molecule has 12 nitrogen and oxygen atoms in total. The van der Waals surface area contributed by atoms with Crippen molar-refractivity contribution >= 4 is 38.9 Å². The standard InChI is InChI=1S/C39H50Cl2N2O10S/c1-2-54(50,51)19-18-43(38(49)37(48)36(47)35(46)33(45)23-44)17-7-3-4-8-25-20-32(41)26(21-31(25)40)24-52-39(14-15-39)30-22-42-16-13-28(30)29-9-5-6-10-34(29)53-27-11-12-27/h5-6,9-10,13,16,20-22,27,33,35-37,44-48H,2-4,7-8,11-12,14-15,17-19,23-24H2,1H3/t33-,35+,36-,37-/m0/s1. The maximum absolute atomic E-state index is 13.1. The molecule has 5 N–H and O–H groups in total. The van der Waals surface area contributed by atoms with E-state index >= 15 is 0 Å². The van der Waals surface area contributed by atoms with Crippen LogP contribution in [0.2, 0.25) is 10.0 Å². The minimum absolute atomic E-state index is 0.0742. The average Bonchev–Trinajstić information content (AvgIpc) is 4.13. The Balaban J connectivity index is 1.17. The van der Waals surface area contributed by atoms with Gasteiger partial charge in [0, 0.05) is 52.4 Å². The zero-order valence-corrected chi connectivity index (χ0v) is 32.6. The second-order valence-corrected chi connectivity index (χ2v) is 17.4. The van der Waals surface area contributed by atoms with Crippen LogP contribution in [0.4, 0.5) is 0 Å². The highest BCUT2D eigenvalue weighted by Gasteiger charge is 2.48. The highest BCUT2D eigenvalue weighted by molar-refractivity contribution is 7.91. The van der Waals surface area contributed by atoms with Crippen LogP contribution >= 0.6 is 23.2 Å². The number of hydrogen-bond donors (Lipinski definition) is 5. The Labute approximate surface area is 326 Å². The van der Waals surface area contributed by atoms with Crippen LogP contribution in [0.25, 0.3) is 11.1 Å². The van der Waals surface area contributed by atoms with Crippen molar-refractivity contribution in [2.45, 2.75) is 101 Å². The summed E-state index contributed by atoms with van der Waals surface area (Å²) in [6.45, 7) is 0.682. The molecule has 0 unspecified atom stereocenters. The van der Waals surface area contributed by atoms with Crippen molar-refractivity contribution < 1.29 is 48.2 Å². The van der Waals surface area contributed by atoms with Crippen molar-refractivity contribution in [3.8, 4) is 16.9 Å². The van der Waals surface area contributed by atoms with E-state index in [-0.39, 0.29) is 37.3 Å². The van der Waals surface area contributed by atoms with Gasteiger partial charge in [-0.25, -0.2) is 8.42 Å². The van der Waals surface area contributed by atoms with Crippen LogP contribution in [0.1, 0.15) is 68.6 Å². The molecule has 0 radical (unpaired) electrons. The molecule has 1 aromatic heterocycles. The summed E-state index contributed by atoms with van der Waals surface area (Å²) in [4.78, 5) is 18.6. The molecule has 2 fully saturated rings. The Morgan fingerprint density at radius 1 is 0.963 bits per heavy atom. The van der Waals surface area contributed by atoms with Gasteiger partial charge >= 0.3 is 0 Å². The van der Waals surface area contributed by atoms with Gasteiger partial charge in [0.1, 0.15) is 24.1 Å². The molecule has 0 saturated heterocycles. The molecule has 2 aliphatic carbocycles. The second-order valence-electron chi connectivity index (χ2n) is 14.1. The monoisotopic (exact) mass is 808 g/mol. The normalized spacial score (nSPS) is 17.4. The van der Waals surface area contributed by atoms with Crippen LogP contribution in [-0.2, 0) is 38.0 Å². The highest BCUT2D eigenvalue weighted by Crippen LogP contribution is 2.53. The Hall–Kier alpha value is -2.85. The number of rotatable bonds is 22. The fraction of sp³-hybridized carbons (Fsp3) is 0.538. The van der Waals surface area contributed by atoms with Gasteiger partial charge in [0.05, 0.1) is 30.7 Å². The maximum Gasteiger partial charge on any atom is 0.254 e. The van der Waals surface area contributed by atoms with Gasteiger partial charge in [0.2, 0.25) is 0 Å². The van der Waals surface area contributed by atoms with Crippen molar-refractivity contribution in [1.82, 2.24) is 9.88 Å². The van der Waals surface area contributed by atoms with E-state index in [1.165, 1.54) is 6.92 Å². The van der Waals surface area contributed by atoms with Crippen molar-refractivity contribution in [3.05, 3.63) is 81.6 Å². The molecule has 3 aromatic rings. The molecule has 54 heavy (non-hydrogen) atoms. The maximum atomic E-state index is 13.1. The second kappa shape index (κ2) is 18.9. The molecule has 0 aliphatic heterocycles. The minimum atomic E-state index is -3.46. The minimum Gasteiger partial charge on any atom is -0.490 e. The van der Waals surface area contributed by atoms with Crippen LogP contribution in [0.15, 0.2) is 54.9 Å². The fourth-order valence-corrected chi connectivity index (χ4v) is 7.59. The third-order valence-electron chi connectivity index (χ3n) is 10.0. The molecule has 2 saturated carbocycles. The summed E-state index contributed by atoms with van der Waals surface area (Å²) >= 11 is 13.5. The Bertz CT molecular complexity index is 1840. The smallest absolute Gasteiger partial charge is 0.254 e. The van der Waals surface area contributed by atoms with E-state index in [9.17, 15) is 33.6 Å². The van der Waals surface area contributed by atoms with Gasteiger partial charge in [-0.2, -0.15) is 0 Å². The van der Waals surface area contributed by atoms with E-state index in [4.69, 9.17) is 37.8 Å². The number of aromatic nitrogens is 1. The van der Waals surface area contributed by atoms with Crippen molar-refractivity contribution in [2.24, 2.45) is 0 Å². The predicted octanol–water partition coefficient (Wildman–Crippen LogP) is 4.21. The number of sulfone groups is 1. The molecule has 4 atom stereocenters. The lowest BCUT2D eigenvalue weighted by Gasteiger charge is -2.30. The van der Waals surface area contributed by atoms with Gasteiger partial charge in [-0.3, -0.25) is 9.78 Å². The molecular formula is C39H50Cl2N2O10S. The van der Waals surface area contributed by atoms with E-state index in [1.807, 2.05) is 42.6 Å². The first-order valence-corrected chi connectivity index (χ1v) is 21.0. The van der Waals surface area contributed by atoms with Crippen molar-refractivity contribution in [3.63, 3.8) is 0 Å².